The molecule has 0 amide bonds. The Balaban J connectivity index is 1.41. The van der Waals surface area contributed by atoms with Gasteiger partial charge < -0.3 is 9.40 Å². The van der Waals surface area contributed by atoms with E-state index in [1.165, 1.54) is 6.92 Å². The highest BCUT2D eigenvalue weighted by molar-refractivity contribution is 6.19. The predicted molar refractivity (Wildman–Crippen MR) is 184 cm³/mol. The third-order valence-corrected chi connectivity index (χ3v) is 8.40. The number of rotatable bonds is 10. The zero-order valence-corrected chi connectivity index (χ0v) is 25.9. The van der Waals surface area contributed by atoms with Crippen LogP contribution in [0.5, 0.6) is 0 Å². The highest BCUT2D eigenvalue weighted by atomic mass is 16.7. The van der Waals surface area contributed by atoms with Crippen molar-refractivity contribution in [1.82, 2.24) is 9.63 Å². The first-order valence-electron chi connectivity index (χ1n) is 15.2. The summed E-state index contributed by atoms with van der Waals surface area (Å²) in [4.78, 5) is 31.5. The molecule has 0 N–H and O–H groups in total. The molecule has 0 aliphatic heterocycles. The van der Waals surface area contributed by atoms with Gasteiger partial charge in [-0.2, -0.15) is 0 Å². The number of hydrogen-bond donors (Lipinski definition) is 0. The van der Waals surface area contributed by atoms with E-state index < -0.39 is 5.97 Å². The lowest BCUT2D eigenvalue weighted by Crippen LogP contribution is -2.29. The van der Waals surface area contributed by atoms with E-state index >= 15 is 0 Å². The molecular weight excluding hydrogens is 556 g/mol. The number of benzene rings is 5. The van der Waals surface area contributed by atoms with Crippen LogP contribution < -0.4 is 0 Å². The summed E-state index contributed by atoms with van der Waals surface area (Å²) in [6, 6.07) is 35.9. The average molecular weight is 593 g/mol. The Bertz CT molecular complexity index is 2100. The third-order valence-electron chi connectivity index (χ3n) is 8.40. The minimum Gasteiger partial charge on any atom is -0.341 e. The van der Waals surface area contributed by atoms with Crippen molar-refractivity contribution in [3.8, 4) is 0 Å². The zero-order chi connectivity index (χ0) is 31.7. The van der Waals surface area contributed by atoms with Gasteiger partial charge in [0.25, 0.3) is 0 Å². The van der Waals surface area contributed by atoms with E-state index in [0.717, 1.165) is 55.8 Å². The standard InChI is InChI=1S/C40H36N2O3/c1-6-41-37-21-19-31(27(4)23-39(30-14-8-7-9-15-30)42(26(2)3)45-28(5)43)24-35(37)36-25-32(20-22-38(36)41)40(44)34-18-12-16-29-13-10-11-17-33(29)34/h7-22,24-25,39H,2,4,6,23H2,1,3,5H3. The Morgan fingerprint density at radius 3 is 2.04 bits per heavy atom. The summed E-state index contributed by atoms with van der Waals surface area (Å²) in [5, 5.41) is 5.66. The van der Waals surface area contributed by atoms with Crippen LogP contribution in [0, 0.1) is 0 Å². The number of hydroxylamine groups is 2. The van der Waals surface area contributed by atoms with Crippen LogP contribution in [0.1, 0.15) is 60.3 Å². The lowest BCUT2D eigenvalue weighted by molar-refractivity contribution is -0.188. The molecule has 6 rings (SSSR count). The van der Waals surface area contributed by atoms with Crippen molar-refractivity contribution in [1.29, 1.82) is 0 Å². The van der Waals surface area contributed by atoms with E-state index in [9.17, 15) is 9.59 Å². The van der Waals surface area contributed by atoms with Gasteiger partial charge in [-0.25, -0.2) is 5.06 Å². The molecule has 1 heterocycles. The van der Waals surface area contributed by atoms with Crippen molar-refractivity contribution in [2.75, 3.05) is 0 Å². The number of allylic oxidation sites excluding steroid dienone is 1. The summed E-state index contributed by atoms with van der Waals surface area (Å²) < 4.78 is 2.28. The highest BCUT2D eigenvalue weighted by Crippen LogP contribution is 2.37. The first-order chi connectivity index (χ1) is 21.8. The minimum absolute atomic E-state index is 0.00252. The normalized spacial score (nSPS) is 11.9. The molecule has 0 saturated heterocycles. The van der Waals surface area contributed by atoms with Crippen molar-refractivity contribution in [2.45, 2.75) is 39.8 Å². The molecular formula is C40H36N2O3. The Labute approximate surface area is 263 Å². The largest absolute Gasteiger partial charge is 0.341 e. The summed E-state index contributed by atoms with van der Waals surface area (Å²) in [7, 11) is 0. The smallest absolute Gasteiger partial charge is 0.329 e. The fraction of sp³-hybridized carbons (Fsp3) is 0.150. The molecule has 1 unspecified atom stereocenters. The predicted octanol–water partition coefficient (Wildman–Crippen LogP) is 9.66. The summed E-state index contributed by atoms with van der Waals surface area (Å²) in [6.07, 6.45) is 0.507. The topological polar surface area (TPSA) is 51.5 Å². The van der Waals surface area contributed by atoms with Gasteiger partial charge in [-0.15, -0.1) is 0 Å². The van der Waals surface area contributed by atoms with Crippen molar-refractivity contribution < 1.29 is 14.4 Å². The average Bonchev–Trinajstić information content (AvgIpc) is 3.38. The fourth-order valence-corrected chi connectivity index (χ4v) is 6.29. The lowest BCUT2D eigenvalue weighted by atomic mass is 9.93. The first kappa shape index (κ1) is 29.6. The molecule has 1 aromatic heterocycles. The second-order valence-electron chi connectivity index (χ2n) is 11.4. The second kappa shape index (κ2) is 12.3. The molecule has 5 heteroatoms. The van der Waals surface area contributed by atoms with Crippen molar-refractivity contribution in [2.24, 2.45) is 0 Å². The van der Waals surface area contributed by atoms with Crippen LogP contribution in [-0.2, 0) is 16.2 Å². The molecule has 45 heavy (non-hydrogen) atoms. The molecule has 0 saturated carbocycles. The molecule has 0 fully saturated rings. The second-order valence-corrected chi connectivity index (χ2v) is 11.4. The maximum Gasteiger partial charge on any atom is 0.329 e. The molecule has 1 atom stereocenters. The molecule has 0 aliphatic carbocycles. The maximum atomic E-state index is 13.9. The summed E-state index contributed by atoms with van der Waals surface area (Å²) in [5.41, 5.74) is 7.01. The fourth-order valence-electron chi connectivity index (χ4n) is 6.29. The van der Waals surface area contributed by atoms with E-state index in [0.29, 0.717) is 23.2 Å². The number of ketones is 1. The Hall–Kier alpha value is -5.42. The van der Waals surface area contributed by atoms with Gasteiger partial charge in [0.1, 0.15) is 0 Å². The minimum atomic E-state index is -0.410. The van der Waals surface area contributed by atoms with Crippen LogP contribution in [0.4, 0.5) is 0 Å². The van der Waals surface area contributed by atoms with Crippen molar-refractivity contribution in [3.05, 3.63) is 150 Å². The lowest BCUT2D eigenvalue weighted by Gasteiger charge is -2.32. The highest BCUT2D eigenvalue weighted by Gasteiger charge is 2.25. The number of fused-ring (bicyclic) bond motifs is 4. The number of carbonyl (C=O) groups is 2. The molecule has 5 nitrogen and oxygen atoms in total. The van der Waals surface area contributed by atoms with Gasteiger partial charge in [0.2, 0.25) is 0 Å². The summed E-state index contributed by atoms with van der Waals surface area (Å²) >= 11 is 0. The van der Waals surface area contributed by atoms with Gasteiger partial charge in [-0.1, -0.05) is 92.0 Å². The van der Waals surface area contributed by atoms with Crippen LogP contribution in [-0.4, -0.2) is 21.4 Å². The molecule has 0 spiro atoms. The van der Waals surface area contributed by atoms with Crippen molar-refractivity contribution >= 4 is 49.9 Å². The van der Waals surface area contributed by atoms with Crippen LogP contribution >= 0.6 is 0 Å². The molecule has 224 valence electrons. The maximum absolute atomic E-state index is 13.9. The number of aromatic nitrogens is 1. The van der Waals surface area contributed by atoms with E-state index in [1.807, 2.05) is 91.9 Å². The third kappa shape index (κ3) is 5.65. The number of aryl methyl sites for hydroxylation is 1. The van der Waals surface area contributed by atoms with E-state index in [4.69, 9.17) is 4.84 Å². The zero-order valence-electron chi connectivity index (χ0n) is 25.9. The SMILES string of the molecule is C=C(CC(c1ccccc1)N(OC(C)=O)C(=C)C)c1ccc2c(c1)c1cc(C(=O)c3cccc4ccccc34)ccc1n2CC. The summed E-state index contributed by atoms with van der Waals surface area (Å²) in [5.74, 6) is -0.407. The van der Waals surface area contributed by atoms with Crippen LogP contribution in [0.2, 0.25) is 0 Å². The molecule has 6 aromatic rings. The number of carbonyl (C=O) groups excluding carboxylic acids is 2. The molecule has 0 aliphatic rings. The van der Waals surface area contributed by atoms with Gasteiger partial charge in [0.15, 0.2) is 5.78 Å². The van der Waals surface area contributed by atoms with Crippen LogP contribution in [0.15, 0.2) is 128 Å². The molecule has 5 aromatic carbocycles. The van der Waals surface area contributed by atoms with Gasteiger partial charge in [-0.3, -0.25) is 9.59 Å². The van der Waals surface area contributed by atoms with Crippen LogP contribution in [0.25, 0.3) is 38.2 Å². The van der Waals surface area contributed by atoms with Gasteiger partial charge >= 0.3 is 5.97 Å². The van der Waals surface area contributed by atoms with E-state index in [1.54, 1.807) is 5.06 Å². The van der Waals surface area contributed by atoms with Crippen molar-refractivity contribution in [3.63, 3.8) is 0 Å². The molecule has 0 radical (unpaired) electrons. The van der Waals surface area contributed by atoms with Gasteiger partial charge in [0.05, 0.1) is 6.04 Å². The monoisotopic (exact) mass is 592 g/mol. The van der Waals surface area contributed by atoms with E-state index in [2.05, 4.69) is 48.9 Å². The first-order valence-corrected chi connectivity index (χ1v) is 15.2. The number of nitrogens with zero attached hydrogens (tertiary/aromatic N) is 2. The van der Waals surface area contributed by atoms with Crippen LogP contribution in [0.3, 0.4) is 0 Å². The Morgan fingerprint density at radius 2 is 1.38 bits per heavy atom. The molecule has 0 bridgehead atoms. The summed E-state index contributed by atoms with van der Waals surface area (Å²) in [6.45, 7) is 14.7. The van der Waals surface area contributed by atoms with E-state index in [-0.39, 0.29) is 11.8 Å². The Morgan fingerprint density at radius 1 is 0.756 bits per heavy atom. The Kier molecular flexibility index (Phi) is 8.10. The van der Waals surface area contributed by atoms with Gasteiger partial charge in [-0.05, 0) is 71.7 Å². The number of hydrogen-bond acceptors (Lipinski definition) is 4. The van der Waals surface area contributed by atoms with Gasteiger partial charge in [0, 0.05) is 58.5 Å². The quantitative estimate of drug-likeness (QED) is 0.117.